The van der Waals surface area contributed by atoms with Crippen LogP contribution in [0.3, 0.4) is 0 Å². The molecule has 3 aromatic rings. The summed E-state index contributed by atoms with van der Waals surface area (Å²) in [6.45, 7) is 5.44. The van der Waals surface area contributed by atoms with Crippen molar-refractivity contribution in [1.29, 1.82) is 0 Å². The molecule has 0 unspecified atom stereocenters. The Labute approximate surface area is 185 Å². The fourth-order valence-electron chi connectivity index (χ4n) is 3.09. The van der Waals surface area contributed by atoms with Crippen molar-refractivity contribution in [2.45, 2.75) is 27.2 Å². The first kappa shape index (κ1) is 22.2. The molecule has 0 aliphatic rings. The number of rotatable bonds is 6. The van der Waals surface area contributed by atoms with Crippen molar-refractivity contribution in [3.63, 3.8) is 0 Å². The number of ether oxygens (including phenoxy) is 1. The molecule has 3 rings (SSSR count). The van der Waals surface area contributed by atoms with Crippen LogP contribution in [0.4, 0.5) is 9.80 Å². The van der Waals surface area contributed by atoms with Crippen LogP contribution in [0.2, 0.25) is 0 Å². The first-order chi connectivity index (χ1) is 14.9. The molecule has 160 valence electrons. The SMILES string of the molecule is CCOC(=O)NC(=O)c1c(NC(=O)c2ccc(Cc3ccccc3)cc2)sc(C)c1C. The molecule has 6 nitrogen and oxygen atoms in total. The molecule has 0 bridgehead atoms. The van der Waals surface area contributed by atoms with Gasteiger partial charge >= 0.3 is 6.09 Å². The normalized spacial score (nSPS) is 10.4. The lowest BCUT2D eigenvalue weighted by atomic mass is 10.0. The number of nitrogens with one attached hydrogen (secondary N) is 2. The van der Waals surface area contributed by atoms with E-state index in [0.717, 1.165) is 16.9 Å². The molecule has 0 spiro atoms. The highest BCUT2D eigenvalue weighted by molar-refractivity contribution is 7.16. The van der Waals surface area contributed by atoms with Gasteiger partial charge in [-0.2, -0.15) is 0 Å². The maximum absolute atomic E-state index is 12.8. The fraction of sp³-hybridized carbons (Fsp3) is 0.208. The molecule has 0 saturated heterocycles. The lowest BCUT2D eigenvalue weighted by Crippen LogP contribution is -2.31. The fourth-order valence-corrected chi connectivity index (χ4v) is 4.14. The predicted octanol–water partition coefficient (Wildman–Crippen LogP) is 5.09. The van der Waals surface area contributed by atoms with Gasteiger partial charge in [0.15, 0.2) is 0 Å². The number of hydrogen-bond acceptors (Lipinski definition) is 5. The molecule has 0 aliphatic carbocycles. The van der Waals surface area contributed by atoms with Crippen LogP contribution in [-0.4, -0.2) is 24.5 Å². The Morgan fingerprint density at radius 2 is 1.55 bits per heavy atom. The van der Waals surface area contributed by atoms with Gasteiger partial charge in [0.1, 0.15) is 5.00 Å². The van der Waals surface area contributed by atoms with Crippen molar-refractivity contribution in [2.75, 3.05) is 11.9 Å². The van der Waals surface area contributed by atoms with E-state index in [1.54, 1.807) is 26.0 Å². The minimum absolute atomic E-state index is 0.157. The van der Waals surface area contributed by atoms with E-state index < -0.39 is 12.0 Å². The van der Waals surface area contributed by atoms with Crippen LogP contribution in [0, 0.1) is 13.8 Å². The summed E-state index contributed by atoms with van der Waals surface area (Å²) in [4.78, 5) is 37.8. The van der Waals surface area contributed by atoms with Crippen LogP contribution in [0.15, 0.2) is 54.6 Å². The predicted molar refractivity (Wildman–Crippen MR) is 122 cm³/mol. The number of carbonyl (C=O) groups is 3. The lowest BCUT2D eigenvalue weighted by Gasteiger charge is -2.09. The van der Waals surface area contributed by atoms with Gasteiger partial charge in [0.25, 0.3) is 11.8 Å². The third kappa shape index (κ3) is 5.58. The number of anilines is 1. The summed E-state index contributed by atoms with van der Waals surface area (Å²) >= 11 is 1.29. The minimum atomic E-state index is -0.818. The smallest absolute Gasteiger partial charge is 0.414 e. The summed E-state index contributed by atoms with van der Waals surface area (Å²) in [5.74, 6) is -0.925. The maximum atomic E-state index is 12.8. The average molecular weight is 437 g/mol. The van der Waals surface area contributed by atoms with E-state index in [2.05, 4.69) is 22.8 Å². The Bertz CT molecular complexity index is 1090. The molecule has 3 amide bonds. The highest BCUT2D eigenvalue weighted by Gasteiger charge is 2.23. The second-order valence-electron chi connectivity index (χ2n) is 6.98. The van der Waals surface area contributed by atoms with Crippen LogP contribution in [0.1, 0.15) is 49.2 Å². The summed E-state index contributed by atoms with van der Waals surface area (Å²) in [6, 6.07) is 17.5. The van der Waals surface area contributed by atoms with E-state index in [4.69, 9.17) is 4.74 Å². The highest BCUT2D eigenvalue weighted by atomic mass is 32.1. The van der Waals surface area contributed by atoms with Gasteiger partial charge in [0.2, 0.25) is 0 Å². The van der Waals surface area contributed by atoms with Gasteiger partial charge in [-0.3, -0.25) is 14.9 Å². The van der Waals surface area contributed by atoms with E-state index in [0.29, 0.717) is 16.1 Å². The number of alkyl carbamates (subject to hydrolysis) is 1. The van der Waals surface area contributed by atoms with Gasteiger partial charge in [0, 0.05) is 10.4 Å². The molecule has 31 heavy (non-hydrogen) atoms. The minimum Gasteiger partial charge on any atom is -0.450 e. The molecule has 0 atom stereocenters. The molecule has 1 aromatic heterocycles. The van der Waals surface area contributed by atoms with Crippen molar-refractivity contribution in [1.82, 2.24) is 5.32 Å². The molecule has 1 heterocycles. The number of hydrogen-bond donors (Lipinski definition) is 2. The lowest BCUT2D eigenvalue weighted by molar-refractivity contribution is 0.0925. The molecule has 2 aromatic carbocycles. The summed E-state index contributed by atoms with van der Waals surface area (Å²) in [7, 11) is 0. The first-order valence-electron chi connectivity index (χ1n) is 9.91. The van der Waals surface area contributed by atoms with Gasteiger partial charge in [-0.15, -0.1) is 11.3 Å². The van der Waals surface area contributed by atoms with Crippen LogP contribution in [0.25, 0.3) is 0 Å². The van der Waals surface area contributed by atoms with Gasteiger partial charge in [-0.1, -0.05) is 42.5 Å². The number of carbonyl (C=O) groups excluding carboxylic acids is 3. The van der Waals surface area contributed by atoms with Gasteiger partial charge in [0.05, 0.1) is 12.2 Å². The third-order valence-electron chi connectivity index (χ3n) is 4.80. The van der Waals surface area contributed by atoms with Crippen LogP contribution < -0.4 is 10.6 Å². The Kier molecular flexibility index (Phi) is 7.20. The first-order valence-corrected chi connectivity index (χ1v) is 10.7. The average Bonchev–Trinajstić information content (AvgIpc) is 3.02. The molecule has 7 heteroatoms. The Balaban J connectivity index is 1.73. The Hall–Kier alpha value is -3.45. The quantitative estimate of drug-likeness (QED) is 0.563. The number of thiophene rings is 1. The molecule has 0 saturated carbocycles. The standard InChI is InChI=1S/C24H24N2O4S/c1-4-30-24(29)26-22(28)20-15(2)16(3)31-23(20)25-21(27)19-12-10-18(11-13-19)14-17-8-6-5-7-9-17/h5-13H,4,14H2,1-3H3,(H,25,27)(H,26,28,29). The second kappa shape index (κ2) is 10.0. The zero-order valence-corrected chi connectivity index (χ0v) is 18.5. The number of amides is 3. The van der Waals surface area contributed by atoms with Crippen LogP contribution in [0.5, 0.6) is 0 Å². The molecular formula is C24H24N2O4S. The van der Waals surface area contributed by atoms with E-state index in [1.165, 1.54) is 16.9 Å². The van der Waals surface area contributed by atoms with Crippen molar-refractivity contribution < 1.29 is 19.1 Å². The Morgan fingerprint density at radius 3 is 2.19 bits per heavy atom. The molecule has 0 fully saturated rings. The van der Waals surface area contributed by atoms with E-state index in [1.807, 2.05) is 37.3 Å². The summed E-state index contributed by atoms with van der Waals surface area (Å²) in [5, 5.41) is 5.40. The van der Waals surface area contributed by atoms with Crippen molar-refractivity contribution in [3.05, 3.63) is 87.3 Å². The zero-order valence-electron chi connectivity index (χ0n) is 17.7. The van der Waals surface area contributed by atoms with Crippen LogP contribution >= 0.6 is 11.3 Å². The highest BCUT2D eigenvalue weighted by Crippen LogP contribution is 2.32. The third-order valence-corrected chi connectivity index (χ3v) is 5.92. The topological polar surface area (TPSA) is 84.5 Å². The number of benzene rings is 2. The Morgan fingerprint density at radius 1 is 0.903 bits per heavy atom. The summed E-state index contributed by atoms with van der Waals surface area (Å²) in [5.41, 5.74) is 3.75. The van der Waals surface area contributed by atoms with Gasteiger partial charge in [-0.05, 0) is 56.0 Å². The number of imide groups is 1. The maximum Gasteiger partial charge on any atom is 0.414 e. The van der Waals surface area contributed by atoms with Crippen molar-refractivity contribution >= 4 is 34.2 Å². The van der Waals surface area contributed by atoms with E-state index in [9.17, 15) is 14.4 Å². The number of aryl methyl sites for hydroxylation is 1. The largest absolute Gasteiger partial charge is 0.450 e. The second-order valence-corrected chi connectivity index (χ2v) is 8.20. The zero-order chi connectivity index (χ0) is 22.4. The van der Waals surface area contributed by atoms with Gasteiger partial charge < -0.3 is 10.1 Å². The van der Waals surface area contributed by atoms with Crippen molar-refractivity contribution in [2.24, 2.45) is 0 Å². The molecule has 2 N–H and O–H groups in total. The monoisotopic (exact) mass is 436 g/mol. The summed E-state index contributed by atoms with van der Waals surface area (Å²) in [6.07, 6.45) is -0.0356. The summed E-state index contributed by atoms with van der Waals surface area (Å²) < 4.78 is 4.77. The van der Waals surface area contributed by atoms with Gasteiger partial charge in [-0.25, -0.2) is 4.79 Å². The molecule has 0 aliphatic heterocycles. The van der Waals surface area contributed by atoms with Crippen molar-refractivity contribution in [3.8, 4) is 0 Å². The molecular weight excluding hydrogens is 412 g/mol. The molecule has 0 radical (unpaired) electrons. The van der Waals surface area contributed by atoms with E-state index in [-0.39, 0.29) is 18.1 Å². The van der Waals surface area contributed by atoms with Crippen LogP contribution in [-0.2, 0) is 11.2 Å². The van der Waals surface area contributed by atoms with E-state index >= 15 is 0 Å².